The molecular formula is C20H22Cl2N2O3. The van der Waals surface area contributed by atoms with Crippen LogP contribution in [-0.2, 0) is 16.0 Å². The number of hydrogen-bond acceptors (Lipinski definition) is 3. The summed E-state index contributed by atoms with van der Waals surface area (Å²) in [5, 5.41) is 3.64. The second-order valence-corrected chi connectivity index (χ2v) is 7.15. The lowest BCUT2D eigenvalue weighted by atomic mass is 10.1. The van der Waals surface area contributed by atoms with E-state index in [-0.39, 0.29) is 11.8 Å². The highest BCUT2D eigenvalue weighted by molar-refractivity contribution is 6.35. The normalized spacial score (nSPS) is 11.6. The number of ether oxygens (including phenoxy) is 1. The monoisotopic (exact) mass is 408 g/mol. The van der Waals surface area contributed by atoms with Crippen molar-refractivity contribution in [1.29, 1.82) is 0 Å². The van der Waals surface area contributed by atoms with Crippen molar-refractivity contribution in [3.05, 3.63) is 58.1 Å². The molecule has 0 aliphatic heterocycles. The van der Waals surface area contributed by atoms with Crippen molar-refractivity contribution in [1.82, 2.24) is 4.90 Å². The molecule has 1 atom stereocenters. The van der Waals surface area contributed by atoms with Crippen LogP contribution in [0.2, 0.25) is 10.0 Å². The van der Waals surface area contributed by atoms with Crippen molar-refractivity contribution >= 4 is 40.7 Å². The van der Waals surface area contributed by atoms with E-state index in [4.69, 9.17) is 27.9 Å². The number of benzene rings is 2. The predicted molar refractivity (Wildman–Crippen MR) is 109 cm³/mol. The summed E-state index contributed by atoms with van der Waals surface area (Å²) in [6.45, 7) is 1.64. The lowest BCUT2D eigenvalue weighted by Gasteiger charge is -2.16. The van der Waals surface area contributed by atoms with E-state index in [2.05, 4.69) is 5.32 Å². The van der Waals surface area contributed by atoms with Crippen LogP contribution >= 0.6 is 23.2 Å². The number of nitrogens with one attached hydrogen (secondary N) is 1. The average molecular weight is 409 g/mol. The van der Waals surface area contributed by atoms with Gasteiger partial charge < -0.3 is 15.0 Å². The molecule has 7 heteroatoms. The number of rotatable bonds is 7. The Morgan fingerprint density at radius 2 is 1.78 bits per heavy atom. The summed E-state index contributed by atoms with van der Waals surface area (Å²) in [5.74, 6) is 0.181. The molecule has 0 fully saturated rings. The molecule has 0 saturated heterocycles. The van der Waals surface area contributed by atoms with E-state index in [9.17, 15) is 9.59 Å². The largest absolute Gasteiger partial charge is 0.479 e. The molecule has 0 saturated carbocycles. The molecule has 0 bridgehead atoms. The van der Waals surface area contributed by atoms with Crippen molar-refractivity contribution in [2.75, 3.05) is 19.4 Å². The summed E-state index contributed by atoms with van der Waals surface area (Å²) in [5.41, 5.74) is 1.68. The van der Waals surface area contributed by atoms with Crippen molar-refractivity contribution in [3.63, 3.8) is 0 Å². The zero-order valence-electron chi connectivity index (χ0n) is 15.5. The van der Waals surface area contributed by atoms with Gasteiger partial charge in [0.15, 0.2) is 6.10 Å². The van der Waals surface area contributed by atoms with Gasteiger partial charge in [-0.3, -0.25) is 9.59 Å². The zero-order valence-corrected chi connectivity index (χ0v) is 17.0. The highest BCUT2D eigenvalue weighted by atomic mass is 35.5. The van der Waals surface area contributed by atoms with E-state index in [1.54, 1.807) is 56.3 Å². The van der Waals surface area contributed by atoms with Crippen LogP contribution in [0, 0.1) is 0 Å². The van der Waals surface area contributed by atoms with Crippen molar-refractivity contribution in [2.24, 2.45) is 0 Å². The second kappa shape index (κ2) is 9.62. The van der Waals surface area contributed by atoms with Crippen LogP contribution in [0.15, 0.2) is 42.5 Å². The van der Waals surface area contributed by atoms with Crippen LogP contribution < -0.4 is 10.1 Å². The Hall–Kier alpha value is -2.24. The minimum absolute atomic E-state index is 0.0826. The minimum Gasteiger partial charge on any atom is -0.479 e. The number of carbonyl (C=O) groups is 2. The Morgan fingerprint density at radius 3 is 2.37 bits per heavy atom. The number of nitrogens with zero attached hydrogens (tertiary/aromatic N) is 1. The molecule has 2 amide bonds. The molecule has 144 valence electrons. The molecule has 5 nitrogen and oxygen atoms in total. The van der Waals surface area contributed by atoms with Gasteiger partial charge in [0.2, 0.25) is 5.91 Å². The summed E-state index contributed by atoms with van der Waals surface area (Å²) in [7, 11) is 3.48. The van der Waals surface area contributed by atoms with Crippen LogP contribution in [0.25, 0.3) is 0 Å². The van der Waals surface area contributed by atoms with Gasteiger partial charge in [0.25, 0.3) is 5.91 Å². The Kier molecular flexibility index (Phi) is 7.51. The van der Waals surface area contributed by atoms with E-state index in [1.165, 1.54) is 0 Å². The van der Waals surface area contributed by atoms with Gasteiger partial charge in [-0.15, -0.1) is 0 Å². The SMILES string of the molecule is CC(Oc1ccc(Cl)cc1Cl)C(=O)Nc1ccc(CCC(=O)N(C)C)cc1. The van der Waals surface area contributed by atoms with Crippen LogP contribution in [0.3, 0.4) is 0 Å². The first kappa shape index (κ1) is 21.1. The lowest BCUT2D eigenvalue weighted by molar-refractivity contribution is -0.128. The molecule has 0 heterocycles. The molecule has 0 aliphatic carbocycles. The molecule has 0 aromatic heterocycles. The minimum atomic E-state index is -0.735. The fourth-order valence-corrected chi connectivity index (χ4v) is 2.74. The van der Waals surface area contributed by atoms with Crippen LogP contribution in [-0.4, -0.2) is 36.9 Å². The van der Waals surface area contributed by atoms with E-state index < -0.39 is 6.10 Å². The smallest absolute Gasteiger partial charge is 0.265 e. The highest BCUT2D eigenvalue weighted by Crippen LogP contribution is 2.28. The fourth-order valence-electron chi connectivity index (χ4n) is 2.29. The summed E-state index contributed by atoms with van der Waals surface area (Å²) < 4.78 is 5.60. The van der Waals surface area contributed by atoms with Gasteiger partial charge in [0.05, 0.1) is 5.02 Å². The summed E-state index contributed by atoms with van der Waals surface area (Å²) in [4.78, 5) is 25.5. The van der Waals surface area contributed by atoms with Crippen molar-refractivity contribution in [3.8, 4) is 5.75 Å². The molecule has 2 rings (SSSR count). The van der Waals surface area contributed by atoms with Gasteiger partial charge in [-0.25, -0.2) is 0 Å². The standard InChI is InChI=1S/C20H22Cl2N2O3/c1-13(27-18-10-7-15(21)12-17(18)22)20(26)23-16-8-4-14(5-9-16)6-11-19(25)24(2)3/h4-5,7-10,12-13H,6,11H2,1-3H3,(H,23,26). The molecule has 1 N–H and O–H groups in total. The maximum Gasteiger partial charge on any atom is 0.265 e. The molecule has 2 aromatic carbocycles. The van der Waals surface area contributed by atoms with Gasteiger partial charge in [-0.05, 0) is 49.2 Å². The first-order chi connectivity index (χ1) is 12.8. The number of hydrogen-bond donors (Lipinski definition) is 1. The molecule has 0 aliphatic rings. The first-order valence-electron chi connectivity index (χ1n) is 8.48. The molecule has 1 unspecified atom stereocenters. The maximum absolute atomic E-state index is 12.3. The fraction of sp³-hybridized carbons (Fsp3) is 0.300. The van der Waals surface area contributed by atoms with Gasteiger partial charge in [0.1, 0.15) is 5.75 Å². The first-order valence-corrected chi connectivity index (χ1v) is 9.23. The third-order valence-electron chi connectivity index (χ3n) is 3.91. The van der Waals surface area contributed by atoms with Crippen LogP contribution in [0.5, 0.6) is 5.75 Å². The maximum atomic E-state index is 12.3. The number of carbonyl (C=O) groups excluding carboxylic acids is 2. The summed E-state index contributed by atoms with van der Waals surface area (Å²) in [6, 6.07) is 12.2. The molecule has 27 heavy (non-hydrogen) atoms. The molecular weight excluding hydrogens is 387 g/mol. The van der Waals surface area contributed by atoms with Gasteiger partial charge >= 0.3 is 0 Å². The number of halogens is 2. The van der Waals surface area contributed by atoms with E-state index in [0.29, 0.717) is 34.3 Å². The van der Waals surface area contributed by atoms with E-state index in [1.807, 2.05) is 12.1 Å². The topological polar surface area (TPSA) is 58.6 Å². The van der Waals surface area contributed by atoms with Crippen LogP contribution in [0.1, 0.15) is 18.9 Å². The quantitative estimate of drug-likeness (QED) is 0.737. The Bertz CT molecular complexity index is 807. The Balaban J connectivity index is 1.90. The lowest BCUT2D eigenvalue weighted by Crippen LogP contribution is -2.30. The van der Waals surface area contributed by atoms with Crippen molar-refractivity contribution < 1.29 is 14.3 Å². The average Bonchev–Trinajstić information content (AvgIpc) is 2.62. The highest BCUT2D eigenvalue weighted by Gasteiger charge is 2.16. The third-order valence-corrected chi connectivity index (χ3v) is 4.45. The molecule has 2 aromatic rings. The van der Waals surface area contributed by atoms with Crippen molar-refractivity contribution in [2.45, 2.75) is 25.9 Å². The van der Waals surface area contributed by atoms with Gasteiger partial charge in [-0.1, -0.05) is 35.3 Å². The third kappa shape index (κ3) is 6.45. The Morgan fingerprint density at radius 1 is 1.11 bits per heavy atom. The molecule has 0 spiro atoms. The number of aryl methyl sites for hydroxylation is 1. The van der Waals surface area contributed by atoms with Crippen LogP contribution in [0.4, 0.5) is 5.69 Å². The molecule has 0 radical (unpaired) electrons. The Labute approximate surface area is 169 Å². The van der Waals surface area contributed by atoms with Gasteiger partial charge in [-0.2, -0.15) is 0 Å². The van der Waals surface area contributed by atoms with E-state index >= 15 is 0 Å². The number of amides is 2. The van der Waals surface area contributed by atoms with E-state index in [0.717, 1.165) is 5.56 Å². The number of anilines is 1. The zero-order chi connectivity index (χ0) is 20.0. The predicted octanol–water partition coefficient (Wildman–Crippen LogP) is 4.42. The van der Waals surface area contributed by atoms with Gasteiger partial charge in [0, 0.05) is 31.2 Å². The summed E-state index contributed by atoms with van der Waals surface area (Å²) >= 11 is 11.9. The second-order valence-electron chi connectivity index (χ2n) is 6.31. The summed E-state index contributed by atoms with van der Waals surface area (Å²) in [6.07, 6.45) is 0.367.